The van der Waals surface area contributed by atoms with E-state index in [2.05, 4.69) is 32.9 Å². The lowest BCUT2D eigenvalue weighted by atomic mass is 10.0. The number of hydrogen-bond acceptors (Lipinski definition) is 1. The monoisotopic (exact) mass is 282 g/mol. The second-order valence-corrected chi connectivity index (χ2v) is 3.78. The molecule has 1 aromatic carbocycles. The van der Waals surface area contributed by atoms with Crippen molar-refractivity contribution in [1.29, 1.82) is 0 Å². The molecule has 2 rings (SSSR count). The lowest BCUT2D eigenvalue weighted by molar-refractivity contribution is 0.192. The molecule has 0 saturated carbocycles. The largest absolute Gasteiger partial charge is 0.490 e. The summed E-state index contributed by atoms with van der Waals surface area (Å²) in [4.78, 5) is 0. The molecule has 0 saturated heterocycles. The third-order valence-corrected chi connectivity index (χ3v) is 2.12. The Hall–Kier alpha value is -0.980. The van der Waals surface area contributed by atoms with Crippen LogP contribution in [0.5, 0.6) is 5.75 Å². The van der Waals surface area contributed by atoms with E-state index in [1.807, 2.05) is 53.7 Å². The predicted octanol–water partition coefficient (Wildman–Crippen LogP) is 6.90. The topological polar surface area (TPSA) is 9.23 Å². The Morgan fingerprint density at radius 1 is 0.950 bits per heavy atom. The summed E-state index contributed by atoms with van der Waals surface area (Å²) in [5.41, 5.74) is 1.35. The number of aryl methyl sites for hydroxylation is 1. The van der Waals surface area contributed by atoms with Gasteiger partial charge in [0.2, 0.25) is 0 Å². The van der Waals surface area contributed by atoms with E-state index in [1.165, 1.54) is 12.0 Å². The van der Waals surface area contributed by atoms with Crippen molar-refractivity contribution < 1.29 is 4.74 Å². The van der Waals surface area contributed by atoms with Gasteiger partial charge in [0.05, 0.1) is 6.10 Å². The molecular formula is C19H38O. The van der Waals surface area contributed by atoms with Gasteiger partial charge in [0, 0.05) is 0 Å². The van der Waals surface area contributed by atoms with Crippen LogP contribution in [0.15, 0.2) is 24.3 Å². The lowest BCUT2D eigenvalue weighted by Crippen LogP contribution is -2.18. The minimum Gasteiger partial charge on any atom is -0.490 e. The van der Waals surface area contributed by atoms with Crippen molar-refractivity contribution in [2.24, 2.45) is 0 Å². The summed E-state index contributed by atoms with van der Waals surface area (Å²) in [7, 11) is 0. The van der Waals surface area contributed by atoms with Crippen molar-refractivity contribution in [3.63, 3.8) is 0 Å². The highest BCUT2D eigenvalue weighted by molar-refractivity contribution is 5.34. The molecule has 120 valence electrons. The van der Waals surface area contributed by atoms with Gasteiger partial charge in [-0.15, -0.1) is 0 Å². The Morgan fingerprint density at radius 2 is 1.40 bits per heavy atom. The Bertz CT molecular complexity index is 268. The SMILES string of the molecule is CC.CC.CC.CC1CCc2ccccc2O1.CCC. The number of para-hydroxylation sites is 1. The van der Waals surface area contributed by atoms with Gasteiger partial charge in [-0.1, -0.05) is 80.0 Å². The van der Waals surface area contributed by atoms with E-state index in [0.717, 1.165) is 18.6 Å². The molecule has 1 heteroatoms. The van der Waals surface area contributed by atoms with Crippen LogP contribution in [0.4, 0.5) is 0 Å². The van der Waals surface area contributed by atoms with Crippen LogP contribution in [0.2, 0.25) is 0 Å². The van der Waals surface area contributed by atoms with Gasteiger partial charge in [-0.25, -0.2) is 0 Å². The van der Waals surface area contributed by atoms with E-state index in [0.29, 0.717) is 6.10 Å². The molecule has 1 heterocycles. The molecule has 20 heavy (non-hydrogen) atoms. The summed E-state index contributed by atoms with van der Waals surface area (Å²) in [5, 5.41) is 0. The molecule has 1 unspecified atom stereocenters. The van der Waals surface area contributed by atoms with Crippen LogP contribution in [-0.2, 0) is 6.42 Å². The van der Waals surface area contributed by atoms with Crippen LogP contribution in [-0.4, -0.2) is 6.10 Å². The number of rotatable bonds is 0. The number of hydrogen-bond donors (Lipinski definition) is 0. The van der Waals surface area contributed by atoms with Crippen molar-refractivity contribution in [1.82, 2.24) is 0 Å². The first kappa shape index (κ1) is 24.1. The second-order valence-electron chi connectivity index (χ2n) is 3.78. The lowest BCUT2D eigenvalue weighted by Gasteiger charge is -2.22. The fourth-order valence-electron chi connectivity index (χ4n) is 1.46. The van der Waals surface area contributed by atoms with Gasteiger partial charge in [-0.05, 0) is 31.4 Å². The van der Waals surface area contributed by atoms with Crippen molar-refractivity contribution in [3.05, 3.63) is 29.8 Å². The number of ether oxygens (including phenoxy) is 1. The van der Waals surface area contributed by atoms with Crippen LogP contribution < -0.4 is 4.74 Å². The highest BCUT2D eigenvalue weighted by Gasteiger charge is 2.13. The van der Waals surface area contributed by atoms with Crippen molar-refractivity contribution in [3.8, 4) is 5.75 Å². The first-order valence-electron chi connectivity index (χ1n) is 8.52. The van der Waals surface area contributed by atoms with Crippen LogP contribution >= 0.6 is 0 Å². The highest BCUT2D eigenvalue weighted by Crippen LogP contribution is 2.26. The van der Waals surface area contributed by atoms with E-state index in [4.69, 9.17) is 4.74 Å². The molecule has 0 radical (unpaired) electrons. The Kier molecular flexibility index (Phi) is 24.5. The molecule has 0 amide bonds. The van der Waals surface area contributed by atoms with Crippen LogP contribution in [0, 0.1) is 0 Å². The fourth-order valence-corrected chi connectivity index (χ4v) is 1.46. The molecule has 1 nitrogen and oxygen atoms in total. The van der Waals surface area contributed by atoms with E-state index < -0.39 is 0 Å². The maximum absolute atomic E-state index is 5.63. The van der Waals surface area contributed by atoms with Gasteiger partial charge >= 0.3 is 0 Å². The average molecular weight is 283 g/mol. The summed E-state index contributed by atoms with van der Waals surface area (Å²) in [6.45, 7) is 18.4. The summed E-state index contributed by atoms with van der Waals surface area (Å²) in [5.74, 6) is 1.08. The van der Waals surface area contributed by atoms with Gasteiger partial charge in [0.25, 0.3) is 0 Å². The zero-order valence-corrected chi connectivity index (χ0v) is 15.4. The average Bonchev–Trinajstić information content (AvgIpc) is 2.54. The molecule has 0 spiro atoms. The predicted molar refractivity (Wildman–Crippen MR) is 94.9 cm³/mol. The fraction of sp³-hybridized carbons (Fsp3) is 0.684. The molecule has 0 aliphatic carbocycles. The molecular weight excluding hydrogens is 244 g/mol. The van der Waals surface area contributed by atoms with E-state index >= 15 is 0 Å². The maximum Gasteiger partial charge on any atom is 0.122 e. The molecule has 1 atom stereocenters. The quantitative estimate of drug-likeness (QED) is 0.503. The number of fused-ring (bicyclic) bond motifs is 1. The molecule has 1 aromatic rings. The Balaban J connectivity index is -0.000000275. The minimum atomic E-state index is 0.393. The summed E-state index contributed by atoms with van der Waals surface area (Å²) >= 11 is 0. The second kappa shape index (κ2) is 20.3. The molecule has 1 aliphatic rings. The first-order chi connectivity index (χ1) is 9.77. The summed E-state index contributed by atoms with van der Waals surface area (Å²) in [6.07, 6.45) is 3.96. The van der Waals surface area contributed by atoms with Crippen LogP contribution in [0.1, 0.15) is 80.7 Å². The first-order valence-corrected chi connectivity index (χ1v) is 8.52. The van der Waals surface area contributed by atoms with Gasteiger partial charge < -0.3 is 4.74 Å². The Morgan fingerprint density at radius 3 is 1.90 bits per heavy atom. The molecule has 1 aliphatic heterocycles. The van der Waals surface area contributed by atoms with Crippen LogP contribution in [0.25, 0.3) is 0 Å². The van der Waals surface area contributed by atoms with Gasteiger partial charge in [-0.2, -0.15) is 0 Å². The molecule has 0 aromatic heterocycles. The van der Waals surface area contributed by atoms with Gasteiger partial charge in [0.15, 0.2) is 0 Å². The van der Waals surface area contributed by atoms with Crippen LogP contribution in [0.3, 0.4) is 0 Å². The molecule has 0 bridgehead atoms. The van der Waals surface area contributed by atoms with E-state index in [-0.39, 0.29) is 0 Å². The standard InChI is InChI=1S/C10H12O.C3H8.3C2H6/c1-8-6-7-9-4-2-3-5-10(9)11-8;1-3-2;3*1-2/h2-5,8H,6-7H2,1H3;3H2,1-2H3;3*1-2H3. The summed E-state index contributed by atoms with van der Waals surface area (Å²) < 4.78 is 5.63. The van der Waals surface area contributed by atoms with Crippen molar-refractivity contribution in [2.75, 3.05) is 0 Å². The number of benzene rings is 1. The zero-order chi connectivity index (χ0) is 16.4. The minimum absolute atomic E-state index is 0.393. The van der Waals surface area contributed by atoms with E-state index in [9.17, 15) is 0 Å². The zero-order valence-electron chi connectivity index (χ0n) is 15.4. The normalized spacial score (nSPS) is 13.9. The maximum atomic E-state index is 5.63. The third kappa shape index (κ3) is 12.1. The molecule has 0 N–H and O–H groups in total. The van der Waals surface area contributed by atoms with Crippen molar-refractivity contribution >= 4 is 0 Å². The van der Waals surface area contributed by atoms with Gasteiger partial charge in [-0.3, -0.25) is 0 Å². The van der Waals surface area contributed by atoms with E-state index in [1.54, 1.807) is 0 Å². The summed E-state index contributed by atoms with van der Waals surface area (Å²) in [6, 6.07) is 8.28. The smallest absolute Gasteiger partial charge is 0.122 e. The third-order valence-electron chi connectivity index (χ3n) is 2.12. The molecule has 0 fully saturated rings. The van der Waals surface area contributed by atoms with Crippen molar-refractivity contribution in [2.45, 2.75) is 87.7 Å². The highest BCUT2D eigenvalue weighted by atomic mass is 16.5. The Labute approximate surface area is 128 Å². The van der Waals surface area contributed by atoms with Gasteiger partial charge in [0.1, 0.15) is 5.75 Å².